The van der Waals surface area contributed by atoms with E-state index >= 15 is 0 Å². The number of aromatic nitrogens is 1. The fourth-order valence-corrected chi connectivity index (χ4v) is 3.69. The van der Waals surface area contributed by atoms with Crippen LogP contribution in [0.5, 0.6) is 0 Å². The van der Waals surface area contributed by atoms with E-state index in [1.54, 1.807) is 0 Å². The molecule has 114 valence electrons. The van der Waals surface area contributed by atoms with Crippen molar-refractivity contribution < 1.29 is 5.11 Å². The Kier molecular flexibility index (Phi) is 3.80. The van der Waals surface area contributed by atoms with E-state index < -0.39 is 0 Å². The van der Waals surface area contributed by atoms with E-state index in [1.165, 1.54) is 33.3 Å². The second kappa shape index (κ2) is 5.47. The maximum Gasteiger partial charge on any atom is 0.0488 e. The molecule has 1 N–H and O–H groups in total. The SMILES string of the molecule is CCn1c(C)c(CC(C)CO)c2cc3c(cc21)CN(C)C3. The number of benzene rings is 1. The highest BCUT2D eigenvalue weighted by Gasteiger charge is 2.21. The van der Waals surface area contributed by atoms with E-state index in [2.05, 4.69) is 49.4 Å². The molecule has 1 aromatic heterocycles. The number of hydrogen-bond acceptors (Lipinski definition) is 2. The Bertz CT molecular complexity index is 672. The van der Waals surface area contributed by atoms with Crippen LogP contribution in [0.15, 0.2) is 12.1 Å². The third kappa shape index (κ3) is 2.39. The van der Waals surface area contributed by atoms with Crippen molar-refractivity contribution in [3.63, 3.8) is 0 Å². The summed E-state index contributed by atoms with van der Waals surface area (Å²) in [7, 11) is 2.18. The van der Waals surface area contributed by atoms with Crippen LogP contribution in [0.4, 0.5) is 0 Å². The van der Waals surface area contributed by atoms with Gasteiger partial charge >= 0.3 is 0 Å². The van der Waals surface area contributed by atoms with Gasteiger partial charge in [0.2, 0.25) is 0 Å². The molecule has 0 amide bonds. The molecule has 3 heteroatoms. The lowest BCUT2D eigenvalue weighted by atomic mass is 9.97. The molecule has 0 fully saturated rings. The first kappa shape index (κ1) is 14.6. The summed E-state index contributed by atoms with van der Waals surface area (Å²) in [5.41, 5.74) is 7.09. The Morgan fingerprint density at radius 2 is 1.90 bits per heavy atom. The molecule has 0 aliphatic carbocycles. The van der Waals surface area contributed by atoms with Gasteiger partial charge in [0.25, 0.3) is 0 Å². The summed E-state index contributed by atoms with van der Waals surface area (Å²) in [5.74, 6) is 0.315. The van der Waals surface area contributed by atoms with Crippen LogP contribution in [0.1, 0.15) is 36.2 Å². The molecular weight excluding hydrogens is 260 g/mol. The van der Waals surface area contributed by atoms with Gasteiger partial charge in [0.05, 0.1) is 0 Å². The van der Waals surface area contributed by atoms with E-state index in [9.17, 15) is 5.11 Å². The Labute approximate surface area is 127 Å². The third-order valence-electron chi connectivity index (χ3n) is 4.84. The van der Waals surface area contributed by atoms with Crippen LogP contribution < -0.4 is 0 Å². The standard InChI is InChI=1S/C18H26N2O/c1-5-20-13(3)16(6-12(2)11-21)17-7-14-9-19(4)10-15(14)8-18(17)20/h7-8,12,21H,5-6,9-11H2,1-4H3. The van der Waals surface area contributed by atoms with Gasteiger partial charge in [0, 0.05) is 42.8 Å². The fourth-order valence-electron chi connectivity index (χ4n) is 3.69. The molecule has 0 radical (unpaired) electrons. The van der Waals surface area contributed by atoms with Crippen molar-refractivity contribution >= 4 is 10.9 Å². The Morgan fingerprint density at radius 1 is 1.24 bits per heavy atom. The van der Waals surface area contributed by atoms with E-state index in [0.29, 0.717) is 5.92 Å². The highest BCUT2D eigenvalue weighted by Crippen LogP contribution is 2.33. The summed E-state index contributed by atoms with van der Waals surface area (Å²) < 4.78 is 2.42. The van der Waals surface area contributed by atoms with E-state index in [0.717, 1.165) is 26.1 Å². The molecule has 3 nitrogen and oxygen atoms in total. The van der Waals surface area contributed by atoms with Crippen molar-refractivity contribution in [2.75, 3.05) is 13.7 Å². The van der Waals surface area contributed by atoms with Crippen LogP contribution in [0.2, 0.25) is 0 Å². The largest absolute Gasteiger partial charge is 0.396 e. The Balaban J connectivity index is 2.18. The first-order valence-corrected chi connectivity index (χ1v) is 7.98. The number of fused-ring (bicyclic) bond motifs is 2. The van der Waals surface area contributed by atoms with Gasteiger partial charge < -0.3 is 9.67 Å². The lowest BCUT2D eigenvalue weighted by Crippen LogP contribution is -2.07. The summed E-state index contributed by atoms with van der Waals surface area (Å²) >= 11 is 0. The summed E-state index contributed by atoms with van der Waals surface area (Å²) in [4.78, 5) is 2.36. The predicted octanol–water partition coefficient (Wildman–Crippen LogP) is 3.09. The Morgan fingerprint density at radius 3 is 2.52 bits per heavy atom. The summed E-state index contributed by atoms with van der Waals surface area (Å²) in [6, 6.07) is 4.78. The molecular formula is C18H26N2O. The molecule has 2 aromatic rings. The number of hydrogen-bond donors (Lipinski definition) is 1. The minimum atomic E-state index is 0.256. The molecule has 1 atom stereocenters. The number of aryl methyl sites for hydroxylation is 1. The van der Waals surface area contributed by atoms with E-state index in [4.69, 9.17) is 0 Å². The molecule has 1 unspecified atom stereocenters. The van der Waals surface area contributed by atoms with Crippen LogP contribution in [-0.2, 0) is 26.1 Å². The molecule has 1 aliphatic heterocycles. The zero-order valence-corrected chi connectivity index (χ0v) is 13.6. The molecule has 2 heterocycles. The first-order valence-electron chi connectivity index (χ1n) is 7.98. The van der Waals surface area contributed by atoms with Gasteiger partial charge in [-0.05, 0) is 62.1 Å². The van der Waals surface area contributed by atoms with E-state index in [-0.39, 0.29) is 6.61 Å². The second-order valence-corrected chi connectivity index (χ2v) is 6.61. The molecule has 21 heavy (non-hydrogen) atoms. The lowest BCUT2D eigenvalue weighted by molar-refractivity contribution is 0.237. The van der Waals surface area contributed by atoms with Crippen molar-refractivity contribution in [1.82, 2.24) is 9.47 Å². The number of aliphatic hydroxyl groups excluding tert-OH is 1. The molecule has 0 spiro atoms. The van der Waals surface area contributed by atoms with Gasteiger partial charge in [0.15, 0.2) is 0 Å². The monoisotopic (exact) mass is 286 g/mol. The average Bonchev–Trinajstić information content (AvgIpc) is 2.93. The molecule has 0 bridgehead atoms. The molecule has 0 saturated heterocycles. The van der Waals surface area contributed by atoms with Gasteiger partial charge in [-0.2, -0.15) is 0 Å². The molecule has 1 aliphatic rings. The topological polar surface area (TPSA) is 28.4 Å². The quantitative estimate of drug-likeness (QED) is 0.935. The number of nitrogens with zero attached hydrogens (tertiary/aromatic N) is 2. The van der Waals surface area contributed by atoms with Gasteiger partial charge in [-0.3, -0.25) is 4.90 Å². The molecule has 1 aromatic carbocycles. The second-order valence-electron chi connectivity index (χ2n) is 6.61. The summed E-state index contributed by atoms with van der Waals surface area (Å²) in [6.45, 7) is 9.93. The smallest absolute Gasteiger partial charge is 0.0488 e. The maximum atomic E-state index is 9.40. The van der Waals surface area contributed by atoms with Crippen molar-refractivity contribution in [2.24, 2.45) is 5.92 Å². The van der Waals surface area contributed by atoms with Crippen molar-refractivity contribution in [3.05, 3.63) is 34.5 Å². The van der Waals surface area contributed by atoms with Crippen LogP contribution in [0, 0.1) is 12.8 Å². The summed E-state index contributed by atoms with van der Waals surface area (Å²) in [5, 5.41) is 10.8. The zero-order valence-electron chi connectivity index (χ0n) is 13.6. The minimum Gasteiger partial charge on any atom is -0.396 e. The normalized spacial score (nSPS) is 16.6. The highest BCUT2D eigenvalue weighted by molar-refractivity contribution is 5.87. The molecule has 3 rings (SSSR count). The first-order chi connectivity index (χ1) is 10.0. The van der Waals surface area contributed by atoms with Crippen molar-refractivity contribution in [1.29, 1.82) is 0 Å². The zero-order chi connectivity index (χ0) is 15.1. The van der Waals surface area contributed by atoms with E-state index in [1.807, 2.05) is 0 Å². The Hall–Kier alpha value is -1.32. The van der Waals surface area contributed by atoms with Gasteiger partial charge in [0.1, 0.15) is 0 Å². The van der Waals surface area contributed by atoms with Gasteiger partial charge in [-0.25, -0.2) is 0 Å². The summed E-state index contributed by atoms with van der Waals surface area (Å²) in [6.07, 6.45) is 0.959. The van der Waals surface area contributed by atoms with Crippen LogP contribution in [-0.4, -0.2) is 28.2 Å². The number of rotatable bonds is 4. The minimum absolute atomic E-state index is 0.256. The average molecular weight is 286 g/mol. The van der Waals surface area contributed by atoms with Gasteiger partial charge in [-0.15, -0.1) is 0 Å². The molecule has 0 saturated carbocycles. The third-order valence-corrected chi connectivity index (χ3v) is 4.84. The lowest BCUT2D eigenvalue weighted by Gasteiger charge is -2.09. The van der Waals surface area contributed by atoms with Crippen LogP contribution in [0.25, 0.3) is 10.9 Å². The number of aliphatic hydroxyl groups is 1. The fraction of sp³-hybridized carbons (Fsp3) is 0.556. The van der Waals surface area contributed by atoms with Crippen molar-refractivity contribution in [3.8, 4) is 0 Å². The highest BCUT2D eigenvalue weighted by atomic mass is 16.3. The predicted molar refractivity (Wildman–Crippen MR) is 87.5 cm³/mol. The van der Waals surface area contributed by atoms with Crippen LogP contribution >= 0.6 is 0 Å². The van der Waals surface area contributed by atoms with Crippen LogP contribution in [0.3, 0.4) is 0 Å². The van der Waals surface area contributed by atoms with Gasteiger partial charge in [-0.1, -0.05) is 6.92 Å². The van der Waals surface area contributed by atoms with Crippen molar-refractivity contribution in [2.45, 2.75) is 46.8 Å². The maximum absolute atomic E-state index is 9.40.